The summed E-state index contributed by atoms with van der Waals surface area (Å²) in [5, 5.41) is 39.1. The predicted molar refractivity (Wildman–Crippen MR) is 105 cm³/mol. The Balaban J connectivity index is 1.89. The number of carboxylic acid groups (broad SMARTS) is 3. The lowest BCUT2D eigenvalue weighted by Crippen LogP contribution is -2.51. The van der Waals surface area contributed by atoms with Crippen LogP contribution in [-0.4, -0.2) is 66.3 Å². The van der Waals surface area contributed by atoms with E-state index >= 15 is 0 Å². The Bertz CT molecular complexity index is 963. The first kappa shape index (κ1) is 24.2. The average Bonchev–Trinajstić information content (AvgIpc) is 3.16. The zero-order valence-electron chi connectivity index (χ0n) is 16.8. The fraction of sp³-hybridized carbons (Fsp3) is 0.368. The molecular formula is C19H22FN5O7. The van der Waals surface area contributed by atoms with E-state index in [2.05, 4.69) is 20.9 Å². The molecule has 12 nitrogen and oxygen atoms in total. The van der Waals surface area contributed by atoms with Gasteiger partial charge in [0.05, 0.1) is 12.2 Å². The van der Waals surface area contributed by atoms with Gasteiger partial charge >= 0.3 is 23.9 Å². The van der Waals surface area contributed by atoms with Gasteiger partial charge in [0.25, 0.3) is 0 Å². The van der Waals surface area contributed by atoms with Crippen LogP contribution in [0.2, 0.25) is 0 Å². The van der Waals surface area contributed by atoms with E-state index in [0.29, 0.717) is 12.2 Å². The highest BCUT2D eigenvalue weighted by molar-refractivity contribution is 5.86. The van der Waals surface area contributed by atoms with Gasteiger partial charge in [0.15, 0.2) is 0 Å². The van der Waals surface area contributed by atoms with Crippen molar-refractivity contribution in [2.45, 2.75) is 44.3 Å². The van der Waals surface area contributed by atoms with Crippen LogP contribution in [0.4, 0.5) is 9.18 Å². The highest BCUT2D eigenvalue weighted by Gasteiger charge is 2.25. The lowest BCUT2D eigenvalue weighted by Gasteiger charge is -2.18. The molecule has 1 aromatic carbocycles. The van der Waals surface area contributed by atoms with Crippen LogP contribution in [0.25, 0.3) is 0 Å². The number of rotatable bonds is 12. The first-order valence-corrected chi connectivity index (χ1v) is 9.52. The van der Waals surface area contributed by atoms with E-state index < -0.39 is 42.4 Å². The number of benzene rings is 1. The fourth-order valence-electron chi connectivity index (χ4n) is 2.74. The Morgan fingerprint density at radius 3 is 2.12 bits per heavy atom. The van der Waals surface area contributed by atoms with E-state index in [0.717, 1.165) is 5.56 Å². The maximum atomic E-state index is 13.0. The quantitative estimate of drug-likeness (QED) is 0.306. The minimum atomic E-state index is -1.48. The number of carbonyl (C=O) groups excluding carboxylic acids is 1. The third-order valence-corrected chi connectivity index (χ3v) is 4.39. The average molecular weight is 451 g/mol. The smallest absolute Gasteiger partial charge is 0.326 e. The van der Waals surface area contributed by atoms with E-state index in [1.165, 1.54) is 16.8 Å². The minimum absolute atomic E-state index is 0.0507. The van der Waals surface area contributed by atoms with E-state index in [1.807, 2.05) is 0 Å². The van der Waals surface area contributed by atoms with Crippen LogP contribution < -0.4 is 10.6 Å². The molecule has 0 radical (unpaired) electrons. The van der Waals surface area contributed by atoms with Crippen LogP contribution in [0, 0.1) is 5.82 Å². The van der Waals surface area contributed by atoms with Crippen LogP contribution >= 0.6 is 0 Å². The normalized spacial score (nSPS) is 12.5. The van der Waals surface area contributed by atoms with Crippen LogP contribution in [-0.2, 0) is 27.3 Å². The van der Waals surface area contributed by atoms with Crippen molar-refractivity contribution in [3.63, 3.8) is 0 Å². The first-order chi connectivity index (χ1) is 15.1. The molecule has 32 heavy (non-hydrogen) atoms. The van der Waals surface area contributed by atoms with Gasteiger partial charge in [-0.15, -0.1) is 5.10 Å². The standard InChI is InChI=1S/C19H22FN5O7/c20-12-3-1-11(2-4-12)9-25-10-13(23-24-25)5-6-14(17(28)29)21-19(32)22-15(18(30)31)7-8-16(26)27/h1-4,10,14-15H,5-9H2,(H,26,27)(H,28,29)(H,30,31)(H2,21,22,32)/t14-,15-/m0/s1. The molecule has 0 aliphatic carbocycles. The number of aryl methyl sites for hydroxylation is 1. The number of carboxylic acids is 3. The summed E-state index contributed by atoms with van der Waals surface area (Å²) in [4.78, 5) is 45.2. The van der Waals surface area contributed by atoms with Crippen molar-refractivity contribution in [3.05, 3.63) is 47.5 Å². The van der Waals surface area contributed by atoms with Crippen molar-refractivity contribution in [3.8, 4) is 0 Å². The van der Waals surface area contributed by atoms with Gasteiger partial charge in [-0.3, -0.25) is 4.79 Å². The third-order valence-electron chi connectivity index (χ3n) is 4.39. The van der Waals surface area contributed by atoms with Gasteiger partial charge < -0.3 is 26.0 Å². The second kappa shape index (κ2) is 11.4. The third kappa shape index (κ3) is 8.01. The molecule has 2 atom stereocenters. The van der Waals surface area contributed by atoms with Crippen LogP contribution in [0.3, 0.4) is 0 Å². The molecule has 1 aromatic heterocycles. The van der Waals surface area contributed by atoms with Crippen LogP contribution in [0.15, 0.2) is 30.5 Å². The first-order valence-electron chi connectivity index (χ1n) is 9.52. The number of hydrogen-bond donors (Lipinski definition) is 5. The monoisotopic (exact) mass is 451 g/mol. The summed E-state index contributed by atoms with van der Waals surface area (Å²) in [6.07, 6.45) is 0.863. The lowest BCUT2D eigenvalue weighted by atomic mass is 10.1. The summed E-state index contributed by atoms with van der Waals surface area (Å²) in [7, 11) is 0. The topological polar surface area (TPSA) is 184 Å². The molecule has 0 spiro atoms. The van der Waals surface area contributed by atoms with Gasteiger partial charge in [0.2, 0.25) is 0 Å². The molecule has 1 heterocycles. The molecule has 2 amide bonds. The molecule has 0 fully saturated rings. The summed E-state index contributed by atoms with van der Waals surface area (Å²) in [5.74, 6) is -4.36. The molecule has 2 rings (SSSR count). The Hall–Kier alpha value is -4.03. The van der Waals surface area contributed by atoms with E-state index in [-0.39, 0.29) is 25.1 Å². The molecule has 5 N–H and O–H groups in total. The number of urea groups is 1. The largest absolute Gasteiger partial charge is 0.481 e. The summed E-state index contributed by atoms with van der Waals surface area (Å²) in [5.41, 5.74) is 1.26. The summed E-state index contributed by atoms with van der Waals surface area (Å²) >= 11 is 0. The Labute approximate surface area is 181 Å². The molecule has 172 valence electrons. The number of amides is 2. The van der Waals surface area contributed by atoms with Crippen molar-refractivity contribution < 1.29 is 38.9 Å². The van der Waals surface area contributed by atoms with Gasteiger partial charge in [-0.25, -0.2) is 23.5 Å². The zero-order chi connectivity index (χ0) is 23.7. The molecule has 2 aromatic rings. The Morgan fingerprint density at radius 1 is 0.969 bits per heavy atom. The number of carbonyl (C=O) groups is 4. The van der Waals surface area contributed by atoms with Gasteiger partial charge in [-0.05, 0) is 37.0 Å². The molecule has 0 saturated carbocycles. The molecule has 0 aliphatic heterocycles. The Kier molecular flexibility index (Phi) is 8.63. The molecule has 0 aliphatic rings. The number of hydrogen-bond acceptors (Lipinski definition) is 6. The highest BCUT2D eigenvalue weighted by atomic mass is 19.1. The second-order valence-corrected chi connectivity index (χ2v) is 6.90. The van der Waals surface area contributed by atoms with Gasteiger partial charge in [-0.2, -0.15) is 0 Å². The maximum Gasteiger partial charge on any atom is 0.326 e. The molecule has 0 bridgehead atoms. The fourth-order valence-corrected chi connectivity index (χ4v) is 2.74. The summed E-state index contributed by atoms with van der Waals surface area (Å²) in [6, 6.07) is 1.96. The molecule has 13 heteroatoms. The van der Waals surface area contributed by atoms with E-state index in [9.17, 15) is 28.7 Å². The number of nitrogens with zero attached hydrogens (tertiary/aromatic N) is 3. The van der Waals surface area contributed by atoms with Gasteiger partial charge in [0, 0.05) is 12.6 Å². The van der Waals surface area contributed by atoms with Crippen molar-refractivity contribution in [1.82, 2.24) is 25.6 Å². The van der Waals surface area contributed by atoms with E-state index in [4.69, 9.17) is 10.2 Å². The van der Waals surface area contributed by atoms with Crippen LogP contribution in [0.1, 0.15) is 30.5 Å². The summed E-state index contributed by atoms with van der Waals surface area (Å²) < 4.78 is 14.5. The number of halogens is 1. The van der Waals surface area contributed by atoms with Crippen molar-refractivity contribution in [1.29, 1.82) is 0 Å². The number of aromatic nitrogens is 3. The van der Waals surface area contributed by atoms with Crippen molar-refractivity contribution >= 4 is 23.9 Å². The SMILES string of the molecule is O=C(O)CC[C@H](NC(=O)N[C@@H](CCc1cn(Cc2ccc(F)cc2)nn1)C(=O)O)C(=O)O. The van der Waals surface area contributed by atoms with Crippen LogP contribution in [0.5, 0.6) is 0 Å². The van der Waals surface area contributed by atoms with E-state index in [1.54, 1.807) is 18.3 Å². The van der Waals surface area contributed by atoms with Crippen molar-refractivity contribution in [2.75, 3.05) is 0 Å². The van der Waals surface area contributed by atoms with Gasteiger partial charge in [-0.1, -0.05) is 17.3 Å². The maximum absolute atomic E-state index is 13.0. The second-order valence-electron chi connectivity index (χ2n) is 6.90. The van der Waals surface area contributed by atoms with Gasteiger partial charge in [0.1, 0.15) is 17.9 Å². The zero-order valence-corrected chi connectivity index (χ0v) is 16.8. The molecule has 0 saturated heterocycles. The molecular weight excluding hydrogens is 429 g/mol. The number of nitrogens with one attached hydrogen (secondary N) is 2. The Morgan fingerprint density at radius 2 is 1.56 bits per heavy atom. The summed E-state index contributed by atoms with van der Waals surface area (Å²) in [6.45, 7) is 0.337. The predicted octanol–water partition coefficient (Wildman–Crippen LogP) is 0.469. The number of aliphatic carboxylic acids is 3. The minimum Gasteiger partial charge on any atom is -0.481 e. The lowest BCUT2D eigenvalue weighted by molar-refractivity contribution is -0.140. The molecule has 0 unspecified atom stereocenters. The highest BCUT2D eigenvalue weighted by Crippen LogP contribution is 2.07. The van der Waals surface area contributed by atoms with Crippen molar-refractivity contribution in [2.24, 2.45) is 0 Å².